The van der Waals surface area contributed by atoms with Crippen molar-refractivity contribution in [3.8, 4) is 0 Å². The third-order valence-corrected chi connectivity index (χ3v) is 6.07. The second-order valence-corrected chi connectivity index (χ2v) is 7.32. The molecule has 1 aromatic heterocycles. The molecular weight excluding hydrogens is 260 g/mol. The van der Waals surface area contributed by atoms with E-state index in [2.05, 4.69) is 46.2 Å². The van der Waals surface area contributed by atoms with Crippen molar-refractivity contribution in [1.82, 2.24) is 4.57 Å². The number of aryl methyl sites for hydroxylation is 1. The van der Waals surface area contributed by atoms with Crippen molar-refractivity contribution >= 4 is 22.7 Å². The van der Waals surface area contributed by atoms with Gasteiger partial charge in [0.2, 0.25) is 11.4 Å². The van der Waals surface area contributed by atoms with Crippen LogP contribution in [0.15, 0.2) is 11.3 Å². The third-order valence-electron chi connectivity index (χ3n) is 3.45. The first-order chi connectivity index (χ1) is 8.25. The molecule has 18 heavy (non-hydrogen) atoms. The Kier molecular flexibility index (Phi) is 4.93. The molecular formula is C14H23N2S2+. The Morgan fingerprint density at radius 1 is 1.39 bits per heavy atom. The topological polar surface area (TPSA) is 30.9 Å². The van der Waals surface area contributed by atoms with E-state index < -0.39 is 0 Å². The first-order valence-corrected chi connectivity index (χ1v) is 7.63. The minimum absolute atomic E-state index is 0.896. The molecule has 1 rings (SSSR count). The average Bonchev–Trinajstić information content (AvgIpc) is 2.32. The lowest BCUT2D eigenvalue weighted by Crippen LogP contribution is -2.05. The maximum absolute atomic E-state index is 5.85. The third kappa shape index (κ3) is 3.12. The number of allylic oxidation sites excluding steroid dienone is 1. The highest BCUT2D eigenvalue weighted by atomic mass is 32.2. The molecule has 0 fully saturated rings. The molecule has 0 aliphatic rings. The summed E-state index contributed by atoms with van der Waals surface area (Å²) in [5.41, 5.74) is 10.6. The van der Waals surface area contributed by atoms with E-state index in [-0.39, 0.29) is 0 Å². The zero-order valence-electron chi connectivity index (χ0n) is 12.3. The predicted molar refractivity (Wildman–Crippen MR) is 84.0 cm³/mol. The fraction of sp³-hybridized carbons (Fsp3) is 0.500. The predicted octanol–water partition coefficient (Wildman–Crippen LogP) is 3.71. The lowest BCUT2D eigenvalue weighted by molar-refractivity contribution is 0.847. The van der Waals surface area contributed by atoms with E-state index in [1.165, 1.54) is 30.9 Å². The molecule has 0 amide bonds. The molecule has 0 aliphatic heterocycles. The van der Waals surface area contributed by atoms with Gasteiger partial charge in [-0.1, -0.05) is 20.8 Å². The van der Waals surface area contributed by atoms with Gasteiger partial charge in [0.15, 0.2) is 0 Å². The van der Waals surface area contributed by atoms with E-state index in [0.29, 0.717) is 0 Å². The van der Waals surface area contributed by atoms with E-state index in [1.807, 2.05) is 18.3 Å². The van der Waals surface area contributed by atoms with Gasteiger partial charge in [-0.25, -0.2) is 0 Å². The van der Waals surface area contributed by atoms with Crippen LogP contribution in [0.2, 0.25) is 0 Å². The molecule has 0 atom stereocenters. The highest BCUT2D eigenvalue weighted by Crippen LogP contribution is 2.20. The summed E-state index contributed by atoms with van der Waals surface area (Å²) < 4.78 is 3.56. The SMILES string of the molecule is CC(N)=C(C)[C-](C)[S+]=c1s[c+](C)c(C)c(C)n1C. The van der Waals surface area contributed by atoms with Crippen LogP contribution >= 0.6 is 11.3 Å². The Balaban J connectivity index is 3.39. The van der Waals surface area contributed by atoms with Crippen molar-refractivity contribution in [2.24, 2.45) is 12.8 Å². The molecule has 1 aromatic rings. The average molecular weight is 283 g/mol. The quantitative estimate of drug-likeness (QED) is 0.501. The summed E-state index contributed by atoms with van der Waals surface area (Å²) in [5.74, 6) is 0. The fourth-order valence-electron chi connectivity index (χ4n) is 1.49. The molecule has 0 saturated carbocycles. The maximum Gasteiger partial charge on any atom is 0.441 e. The van der Waals surface area contributed by atoms with Gasteiger partial charge in [0, 0.05) is 20.9 Å². The summed E-state index contributed by atoms with van der Waals surface area (Å²) in [6, 6.07) is 0. The molecule has 0 aliphatic carbocycles. The van der Waals surface area contributed by atoms with E-state index in [0.717, 1.165) is 5.70 Å². The molecule has 1 heterocycles. The Morgan fingerprint density at radius 3 is 2.44 bits per heavy atom. The standard InChI is InChI=1S/C14H23N2S2/c1-8(10(3)15)12(5)17-14-16(7)11(4)9(2)13(6)18-14/h15H2,1-7H3/q+1. The molecule has 2 N–H and O–H groups in total. The van der Waals surface area contributed by atoms with Crippen molar-refractivity contribution in [2.75, 3.05) is 0 Å². The minimum Gasteiger partial charge on any atom is -0.478 e. The molecule has 2 nitrogen and oxygen atoms in total. The molecule has 0 unspecified atom stereocenters. The Hall–Kier alpha value is -0.870. The number of nitrogens with two attached hydrogens (primary N) is 1. The van der Waals surface area contributed by atoms with Crippen LogP contribution in [-0.2, 0) is 18.4 Å². The summed E-state index contributed by atoms with van der Waals surface area (Å²) in [6.45, 7) is 12.7. The summed E-state index contributed by atoms with van der Waals surface area (Å²) in [5, 5.41) is 1.27. The van der Waals surface area contributed by atoms with Crippen LogP contribution < -0.4 is 5.73 Å². The van der Waals surface area contributed by atoms with Crippen molar-refractivity contribution in [1.29, 1.82) is 0 Å². The molecule has 0 radical (unpaired) electrons. The summed E-state index contributed by atoms with van der Waals surface area (Å²) >= 11 is 3.65. The van der Waals surface area contributed by atoms with Crippen molar-refractivity contribution < 1.29 is 0 Å². The van der Waals surface area contributed by atoms with Crippen LogP contribution in [-0.4, -0.2) is 4.57 Å². The number of aromatic nitrogens is 1. The van der Waals surface area contributed by atoms with E-state index in [1.54, 1.807) is 11.4 Å². The van der Waals surface area contributed by atoms with Crippen LogP contribution in [0.4, 0.5) is 0 Å². The van der Waals surface area contributed by atoms with Crippen molar-refractivity contribution in [2.45, 2.75) is 41.5 Å². The van der Waals surface area contributed by atoms with Crippen LogP contribution in [0, 0.1) is 30.0 Å². The second-order valence-electron chi connectivity index (χ2n) is 4.66. The number of hydrogen-bond acceptors (Lipinski definition) is 2. The first kappa shape index (κ1) is 15.2. The van der Waals surface area contributed by atoms with Gasteiger partial charge in [-0.3, -0.25) is 0 Å². The van der Waals surface area contributed by atoms with Gasteiger partial charge in [-0.15, -0.1) is 11.3 Å². The van der Waals surface area contributed by atoms with Crippen LogP contribution in [0.3, 0.4) is 0 Å². The fourth-order valence-corrected chi connectivity index (χ4v) is 4.10. The van der Waals surface area contributed by atoms with Gasteiger partial charge < -0.3 is 5.73 Å². The van der Waals surface area contributed by atoms with Crippen LogP contribution in [0.25, 0.3) is 0 Å². The minimum atomic E-state index is 0.896. The van der Waals surface area contributed by atoms with Gasteiger partial charge in [-0.2, -0.15) is 4.57 Å². The molecule has 4 heteroatoms. The highest BCUT2D eigenvalue weighted by Gasteiger charge is 2.18. The van der Waals surface area contributed by atoms with Crippen molar-refractivity contribution in [3.05, 3.63) is 36.6 Å². The molecule has 0 spiro atoms. The Labute approximate surface area is 118 Å². The number of nitrogens with zero attached hydrogens (tertiary/aromatic N) is 1. The maximum atomic E-state index is 5.85. The van der Waals surface area contributed by atoms with Crippen molar-refractivity contribution in [3.63, 3.8) is 0 Å². The molecule has 0 aromatic carbocycles. The van der Waals surface area contributed by atoms with Gasteiger partial charge in [0.1, 0.15) is 10.6 Å². The number of hydrogen-bond donors (Lipinski definition) is 1. The Bertz CT molecular complexity index is 550. The highest BCUT2D eigenvalue weighted by molar-refractivity contribution is 7.75. The lowest BCUT2D eigenvalue weighted by Gasteiger charge is -2.09. The second kappa shape index (κ2) is 5.85. The summed E-state index contributed by atoms with van der Waals surface area (Å²) in [4.78, 5) is 1.38. The zero-order chi connectivity index (χ0) is 14.0. The molecule has 0 saturated heterocycles. The van der Waals surface area contributed by atoms with Gasteiger partial charge in [0.25, 0.3) is 0 Å². The first-order valence-electron chi connectivity index (χ1n) is 6.00. The normalized spacial score (nSPS) is 13.6. The monoisotopic (exact) mass is 283 g/mol. The van der Waals surface area contributed by atoms with Gasteiger partial charge in [-0.05, 0) is 6.92 Å². The largest absolute Gasteiger partial charge is 0.478 e. The van der Waals surface area contributed by atoms with E-state index in [9.17, 15) is 0 Å². The van der Waals surface area contributed by atoms with Gasteiger partial charge >= 0.3 is 3.95 Å². The lowest BCUT2D eigenvalue weighted by atomic mass is 10.2. The van der Waals surface area contributed by atoms with Crippen LogP contribution in [0.1, 0.15) is 36.9 Å². The Morgan fingerprint density at radius 2 is 1.94 bits per heavy atom. The van der Waals surface area contributed by atoms with Crippen LogP contribution in [0.5, 0.6) is 0 Å². The zero-order valence-corrected chi connectivity index (χ0v) is 14.0. The van der Waals surface area contributed by atoms with E-state index >= 15 is 0 Å². The van der Waals surface area contributed by atoms with Gasteiger partial charge in [0.05, 0.1) is 22.2 Å². The number of rotatable bonds is 2. The summed E-state index contributed by atoms with van der Waals surface area (Å²) in [7, 11) is 2.13. The molecule has 0 bridgehead atoms. The molecule has 100 valence electrons. The van der Waals surface area contributed by atoms with E-state index in [4.69, 9.17) is 5.73 Å². The smallest absolute Gasteiger partial charge is 0.441 e. The summed E-state index contributed by atoms with van der Waals surface area (Å²) in [6.07, 6.45) is 0.